The summed E-state index contributed by atoms with van der Waals surface area (Å²) in [6.45, 7) is 0. The number of amides is 1. The lowest BCUT2D eigenvalue weighted by Gasteiger charge is -2.37. The van der Waals surface area contributed by atoms with Gasteiger partial charge < -0.3 is 10.4 Å². The number of carbonyl (C=O) groups is 1. The van der Waals surface area contributed by atoms with Crippen LogP contribution in [0.15, 0.2) is 36.5 Å². The van der Waals surface area contributed by atoms with Crippen molar-refractivity contribution < 1.29 is 14.3 Å². The third-order valence-electron chi connectivity index (χ3n) is 3.90. The van der Waals surface area contributed by atoms with E-state index in [-0.39, 0.29) is 10.6 Å². The number of hydrogen-bond acceptors (Lipinski definition) is 3. The smallest absolute Gasteiger partial charge is 0.256 e. The number of hydrogen-bond donors (Lipinski definition) is 2. The maximum Gasteiger partial charge on any atom is 0.256 e. The van der Waals surface area contributed by atoms with Crippen LogP contribution in [0.4, 0.5) is 10.2 Å². The Labute approximate surface area is 132 Å². The Kier molecular flexibility index (Phi) is 3.85. The molecule has 1 aromatic heterocycles. The highest BCUT2D eigenvalue weighted by Gasteiger charge is 2.36. The van der Waals surface area contributed by atoms with E-state index < -0.39 is 17.3 Å². The van der Waals surface area contributed by atoms with Crippen LogP contribution in [0.5, 0.6) is 0 Å². The van der Waals surface area contributed by atoms with Crippen LogP contribution in [0, 0.1) is 5.82 Å². The van der Waals surface area contributed by atoms with Gasteiger partial charge in [-0.15, -0.1) is 0 Å². The highest BCUT2D eigenvalue weighted by Crippen LogP contribution is 2.41. The van der Waals surface area contributed by atoms with Gasteiger partial charge in [0.15, 0.2) is 0 Å². The van der Waals surface area contributed by atoms with E-state index in [2.05, 4.69) is 10.3 Å². The van der Waals surface area contributed by atoms with Gasteiger partial charge in [-0.1, -0.05) is 11.6 Å². The molecule has 1 aliphatic rings. The zero-order valence-electron chi connectivity index (χ0n) is 11.6. The zero-order chi connectivity index (χ0) is 15.7. The molecule has 0 bridgehead atoms. The Balaban J connectivity index is 1.79. The van der Waals surface area contributed by atoms with Crippen LogP contribution in [0.2, 0.25) is 5.02 Å². The third kappa shape index (κ3) is 2.82. The van der Waals surface area contributed by atoms with Crippen LogP contribution < -0.4 is 5.32 Å². The number of aromatic nitrogens is 1. The summed E-state index contributed by atoms with van der Waals surface area (Å²) in [5.41, 5.74) is 0.156. The molecule has 1 heterocycles. The average molecular weight is 321 g/mol. The monoisotopic (exact) mass is 320 g/mol. The fourth-order valence-corrected chi connectivity index (χ4v) is 2.60. The van der Waals surface area contributed by atoms with Crippen LogP contribution in [-0.2, 0) is 5.60 Å². The number of benzene rings is 1. The fourth-order valence-electron chi connectivity index (χ4n) is 2.41. The van der Waals surface area contributed by atoms with Gasteiger partial charge in [0.25, 0.3) is 5.91 Å². The molecule has 6 heteroatoms. The molecule has 0 atom stereocenters. The molecule has 4 nitrogen and oxygen atoms in total. The van der Waals surface area contributed by atoms with Gasteiger partial charge >= 0.3 is 0 Å². The van der Waals surface area contributed by atoms with E-state index in [4.69, 9.17) is 11.6 Å². The molecule has 0 saturated heterocycles. The van der Waals surface area contributed by atoms with Crippen molar-refractivity contribution >= 4 is 23.3 Å². The minimum Gasteiger partial charge on any atom is -0.385 e. The molecule has 0 radical (unpaired) electrons. The number of carbonyl (C=O) groups excluding carboxylic acids is 1. The predicted molar refractivity (Wildman–Crippen MR) is 81.3 cm³/mol. The van der Waals surface area contributed by atoms with Crippen molar-refractivity contribution in [1.29, 1.82) is 0 Å². The molecule has 2 aromatic rings. The zero-order valence-corrected chi connectivity index (χ0v) is 12.4. The van der Waals surface area contributed by atoms with Crippen molar-refractivity contribution in [2.75, 3.05) is 5.32 Å². The quantitative estimate of drug-likeness (QED) is 0.910. The van der Waals surface area contributed by atoms with Gasteiger partial charge in [0, 0.05) is 11.8 Å². The first kappa shape index (κ1) is 14.9. The second-order valence-corrected chi connectivity index (χ2v) is 5.81. The number of halogens is 2. The Bertz CT molecular complexity index is 732. The van der Waals surface area contributed by atoms with E-state index in [1.165, 1.54) is 12.1 Å². The molecule has 3 rings (SSSR count). The van der Waals surface area contributed by atoms with Crippen LogP contribution in [0.25, 0.3) is 0 Å². The second-order valence-electron chi connectivity index (χ2n) is 5.40. The Morgan fingerprint density at radius 1 is 1.32 bits per heavy atom. The molecule has 0 spiro atoms. The summed E-state index contributed by atoms with van der Waals surface area (Å²) in [5, 5.41) is 12.8. The number of nitrogens with one attached hydrogen (secondary N) is 1. The first-order chi connectivity index (χ1) is 10.5. The van der Waals surface area contributed by atoms with Gasteiger partial charge in [-0.2, -0.15) is 0 Å². The van der Waals surface area contributed by atoms with Crippen LogP contribution in [0.1, 0.15) is 35.2 Å². The highest BCUT2D eigenvalue weighted by atomic mass is 35.5. The maximum atomic E-state index is 13.1. The van der Waals surface area contributed by atoms with Crippen molar-refractivity contribution in [2.45, 2.75) is 24.9 Å². The van der Waals surface area contributed by atoms with E-state index in [0.29, 0.717) is 18.7 Å². The summed E-state index contributed by atoms with van der Waals surface area (Å²) in [6, 6.07) is 7.14. The number of anilines is 1. The minimum absolute atomic E-state index is 0.113. The molecule has 1 aromatic carbocycles. The van der Waals surface area contributed by atoms with E-state index in [9.17, 15) is 14.3 Å². The Hall–Kier alpha value is -1.98. The number of pyridine rings is 1. The van der Waals surface area contributed by atoms with Gasteiger partial charge in [0.1, 0.15) is 11.6 Å². The molecule has 2 N–H and O–H groups in total. The van der Waals surface area contributed by atoms with Crippen molar-refractivity contribution in [3.63, 3.8) is 0 Å². The summed E-state index contributed by atoms with van der Waals surface area (Å²) >= 11 is 5.67. The first-order valence-electron chi connectivity index (χ1n) is 6.93. The maximum absolute atomic E-state index is 13.1. The molecule has 0 aliphatic heterocycles. The molecular formula is C16H14ClFN2O2. The molecule has 114 valence electrons. The SMILES string of the molecule is O=C(Nc1cc(C2(O)CCC2)ccn1)c1ccc(F)c(Cl)c1. The van der Waals surface area contributed by atoms with E-state index in [1.807, 2.05) is 0 Å². The van der Waals surface area contributed by atoms with E-state index in [0.717, 1.165) is 18.1 Å². The summed E-state index contributed by atoms with van der Waals surface area (Å²) in [5.74, 6) is -0.680. The average Bonchev–Trinajstić information content (AvgIpc) is 2.48. The molecule has 1 amide bonds. The van der Waals surface area contributed by atoms with Crippen molar-refractivity contribution in [3.8, 4) is 0 Å². The standard InChI is InChI=1S/C16H14ClFN2O2/c17-12-8-10(2-3-13(12)18)15(21)20-14-9-11(4-7-19-14)16(22)5-1-6-16/h2-4,7-9,22H,1,5-6H2,(H,19,20,21). The third-order valence-corrected chi connectivity index (χ3v) is 4.19. The van der Waals surface area contributed by atoms with Crippen LogP contribution in [0.3, 0.4) is 0 Å². The van der Waals surface area contributed by atoms with Gasteiger partial charge in [0.05, 0.1) is 10.6 Å². The van der Waals surface area contributed by atoms with E-state index >= 15 is 0 Å². The minimum atomic E-state index is -0.818. The van der Waals surface area contributed by atoms with Crippen LogP contribution in [-0.4, -0.2) is 16.0 Å². The van der Waals surface area contributed by atoms with Crippen LogP contribution >= 0.6 is 11.6 Å². The molecule has 22 heavy (non-hydrogen) atoms. The summed E-state index contributed by atoms with van der Waals surface area (Å²) in [6.07, 6.45) is 3.93. The summed E-state index contributed by atoms with van der Waals surface area (Å²) < 4.78 is 13.1. The number of nitrogens with zero attached hydrogens (tertiary/aromatic N) is 1. The topological polar surface area (TPSA) is 62.2 Å². The van der Waals surface area contributed by atoms with Gasteiger partial charge in [-0.25, -0.2) is 9.37 Å². The lowest BCUT2D eigenvalue weighted by atomic mass is 9.75. The second kappa shape index (κ2) is 5.66. The Morgan fingerprint density at radius 3 is 2.73 bits per heavy atom. The molecule has 1 aliphatic carbocycles. The normalized spacial score (nSPS) is 16.0. The Morgan fingerprint density at radius 2 is 2.09 bits per heavy atom. The van der Waals surface area contributed by atoms with Gasteiger partial charge in [-0.05, 0) is 55.2 Å². The summed E-state index contributed by atoms with van der Waals surface area (Å²) in [4.78, 5) is 16.2. The number of rotatable bonds is 3. The van der Waals surface area contributed by atoms with Crippen molar-refractivity contribution in [2.24, 2.45) is 0 Å². The lowest BCUT2D eigenvalue weighted by Crippen LogP contribution is -2.33. The molecular weight excluding hydrogens is 307 g/mol. The van der Waals surface area contributed by atoms with Crippen molar-refractivity contribution in [3.05, 3.63) is 58.5 Å². The predicted octanol–water partition coefficient (Wildman–Crippen LogP) is 3.50. The van der Waals surface area contributed by atoms with E-state index in [1.54, 1.807) is 18.3 Å². The molecule has 1 fully saturated rings. The molecule has 1 saturated carbocycles. The largest absolute Gasteiger partial charge is 0.385 e. The van der Waals surface area contributed by atoms with Gasteiger partial charge in [-0.3, -0.25) is 4.79 Å². The number of aliphatic hydroxyl groups is 1. The van der Waals surface area contributed by atoms with Crippen molar-refractivity contribution in [1.82, 2.24) is 4.98 Å². The molecule has 0 unspecified atom stereocenters. The first-order valence-corrected chi connectivity index (χ1v) is 7.31. The summed E-state index contributed by atoms with van der Waals surface area (Å²) in [7, 11) is 0. The van der Waals surface area contributed by atoms with Gasteiger partial charge in [0.2, 0.25) is 0 Å². The fraction of sp³-hybridized carbons (Fsp3) is 0.250. The highest BCUT2D eigenvalue weighted by molar-refractivity contribution is 6.31. The lowest BCUT2D eigenvalue weighted by molar-refractivity contribution is -0.0388.